The van der Waals surface area contributed by atoms with E-state index in [-0.39, 0.29) is 29.2 Å². The minimum Gasteiger partial charge on any atom is -0.744 e. The number of hydrogen-bond acceptors (Lipinski definition) is 7. The molecular formula is C37H9CuF15N4O6S2. The maximum atomic E-state index is 15.8. The Kier molecular flexibility index (Phi) is 11.3. The topological polar surface area (TPSA) is 175 Å². The van der Waals surface area contributed by atoms with Gasteiger partial charge in [0.05, 0.1) is 59.9 Å². The first kappa shape index (κ1) is 46.7. The summed E-state index contributed by atoms with van der Waals surface area (Å²) in [6.45, 7) is 0. The molecule has 3 N–H and O–H groups in total. The van der Waals surface area contributed by atoms with E-state index in [1.807, 2.05) is 9.97 Å². The number of aromatic nitrogens is 4. The van der Waals surface area contributed by atoms with Crippen LogP contribution in [0.3, 0.4) is 0 Å². The van der Waals surface area contributed by atoms with Gasteiger partial charge in [0, 0.05) is 27.7 Å². The quantitative estimate of drug-likeness (QED) is 0.0506. The van der Waals surface area contributed by atoms with Crippen molar-refractivity contribution >= 4 is 65.5 Å². The van der Waals surface area contributed by atoms with Crippen molar-refractivity contribution in [1.29, 1.82) is 0 Å². The van der Waals surface area contributed by atoms with E-state index in [2.05, 4.69) is 9.97 Å². The molecule has 0 spiro atoms. The summed E-state index contributed by atoms with van der Waals surface area (Å²) in [4.78, 5) is 6.46. The Morgan fingerprint density at radius 1 is 0.369 bits per heavy atom. The summed E-state index contributed by atoms with van der Waals surface area (Å²) in [6.07, 6.45) is 1.06. The van der Waals surface area contributed by atoms with Crippen LogP contribution in [-0.4, -0.2) is 45.9 Å². The van der Waals surface area contributed by atoms with Gasteiger partial charge in [-0.1, -0.05) is 0 Å². The summed E-state index contributed by atoms with van der Waals surface area (Å²) in [5.74, 6) is -40.8. The monoisotopic (exact) mass is 1020 g/mol. The normalized spacial score (nSPS) is 12.4. The molecule has 10 nitrogen and oxygen atoms in total. The molecule has 8 rings (SSSR count). The Balaban J connectivity index is 0.00000630. The van der Waals surface area contributed by atoms with E-state index in [1.165, 1.54) is 0 Å². The predicted octanol–water partition coefficient (Wildman–Crippen LogP) is 9.59. The number of fused-ring (bicyclic) bond motifs is 9. The van der Waals surface area contributed by atoms with E-state index in [4.69, 9.17) is 0 Å². The van der Waals surface area contributed by atoms with E-state index >= 15 is 26.3 Å². The van der Waals surface area contributed by atoms with Crippen LogP contribution in [-0.2, 0) is 37.3 Å². The van der Waals surface area contributed by atoms with Crippen molar-refractivity contribution in [3.05, 3.63) is 123 Å². The number of H-pyrrole nitrogens is 3. The number of rotatable bonds is 5. The Bertz CT molecular complexity index is 3620. The maximum Gasteiger partial charge on any atom is 2.00 e. The molecule has 28 heteroatoms. The van der Waals surface area contributed by atoms with Crippen molar-refractivity contribution < 1.29 is 109 Å². The molecule has 8 bridgehead atoms. The van der Waals surface area contributed by atoms with Crippen molar-refractivity contribution in [2.45, 2.75) is 9.79 Å². The maximum absolute atomic E-state index is 15.8. The first-order valence-electron chi connectivity index (χ1n) is 16.7. The molecule has 7 aromatic rings. The average Bonchev–Trinajstić information content (AvgIpc) is 4.07. The molecule has 1 aliphatic heterocycles. The van der Waals surface area contributed by atoms with E-state index < -0.39 is 195 Å². The van der Waals surface area contributed by atoms with Gasteiger partial charge in [-0.25, -0.2) is 87.7 Å². The summed E-state index contributed by atoms with van der Waals surface area (Å²) >= 11 is 0. The van der Waals surface area contributed by atoms with Crippen LogP contribution in [0.15, 0.2) is 34.1 Å². The molecule has 4 aromatic heterocycles. The van der Waals surface area contributed by atoms with Crippen LogP contribution in [0.25, 0.3) is 78.6 Å². The molecule has 341 valence electrons. The van der Waals surface area contributed by atoms with Crippen molar-refractivity contribution in [2.75, 3.05) is 0 Å². The molecule has 0 atom stereocenters. The molecule has 0 saturated carbocycles. The van der Waals surface area contributed by atoms with Gasteiger partial charge in [0.15, 0.2) is 69.8 Å². The summed E-state index contributed by atoms with van der Waals surface area (Å²) in [7, 11) is -12.2. The molecule has 0 unspecified atom stereocenters. The Hall–Kier alpha value is -6.32. The Labute approximate surface area is 359 Å². The second-order valence-electron chi connectivity index (χ2n) is 13.2. The van der Waals surface area contributed by atoms with Gasteiger partial charge in [-0.2, -0.15) is 0 Å². The minimum atomic E-state index is -6.18. The number of benzene rings is 3. The summed E-state index contributed by atoms with van der Waals surface area (Å²) in [5, 5.41) is 0. The molecule has 1 radical (unpaired) electrons. The third-order valence-corrected chi connectivity index (χ3v) is 11.4. The van der Waals surface area contributed by atoms with E-state index in [0.717, 1.165) is 0 Å². The zero-order valence-electron chi connectivity index (χ0n) is 30.1. The van der Waals surface area contributed by atoms with Crippen molar-refractivity contribution in [1.82, 2.24) is 19.9 Å². The van der Waals surface area contributed by atoms with E-state index in [0.29, 0.717) is 24.3 Å². The molecule has 5 heterocycles. The molecule has 1 aliphatic rings. The molecule has 0 aliphatic carbocycles. The number of nitrogens with one attached hydrogen (secondary N) is 3. The van der Waals surface area contributed by atoms with Gasteiger partial charge in [0.25, 0.3) is 0 Å². The molecule has 0 amide bonds. The number of hydrogen-bond donors (Lipinski definition) is 3. The van der Waals surface area contributed by atoms with Gasteiger partial charge >= 0.3 is 17.1 Å². The third-order valence-electron chi connectivity index (χ3n) is 9.65. The zero-order valence-corrected chi connectivity index (χ0v) is 32.7. The molecule has 0 fully saturated rings. The van der Waals surface area contributed by atoms with Crippen LogP contribution in [0, 0.1) is 87.3 Å². The predicted molar refractivity (Wildman–Crippen MR) is 187 cm³/mol. The second-order valence-corrected chi connectivity index (χ2v) is 15.9. The standard InChI is InChI=1S/C37H11F15N4O6S2.Cu/c38-21-18(22(39)28(45)33(50)27(21)44)15-7-1-2-9(53-7)16(19-23(40)29(46)34(51)30(47)24(19)41)11-5-13(63(57,58)59)36(55-11)12-6-14(64(60,61)62)37(56-12)17(10-4-3-8(15)54-10)20-25(42)31(48)35(52)32(49)26(20)43;/h1-6,54-56H,(H,57,58,59)(H,60,61,62);/q;+2/p-2. The van der Waals surface area contributed by atoms with Crippen molar-refractivity contribution in [3.63, 3.8) is 0 Å². The van der Waals surface area contributed by atoms with Crippen LogP contribution in [0.1, 0.15) is 11.4 Å². The average molecular weight is 1020 g/mol. The Morgan fingerprint density at radius 2 is 0.662 bits per heavy atom. The van der Waals surface area contributed by atoms with Gasteiger partial charge in [0.1, 0.15) is 20.2 Å². The third kappa shape index (κ3) is 7.01. The van der Waals surface area contributed by atoms with Gasteiger partial charge in [-0.15, -0.1) is 0 Å². The van der Waals surface area contributed by atoms with E-state index in [1.54, 1.807) is 0 Å². The first-order valence-corrected chi connectivity index (χ1v) is 19.5. The minimum absolute atomic E-state index is 0. The van der Waals surface area contributed by atoms with Gasteiger partial charge in [-0.3, -0.25) is 0 Å². The number of nitrogens with zero attached hydrogens (tertiary/aromatic N) is 1. The number of halogens is 15. The van der Waals surface area contributed by atoms with Crippen LogP contribution in [0.4, 0.5) is 65.9 Å². The fraction of sp³-hybridized carbons (Fsp3) is 0. The van der Waals surface area contributed by atoms with Crippen LogP contribution >= 0.6 is 0 Å². The zero-order chi connectivity index (χ0) is 47.0. The first-order chi connectivity index (χ1) is 29.8. The van der Waals surface area contributed by atoms with Gasteiger partial charge in [0.2, 0.25) is 17.5 Å². The van der Waals surface area contributed by atoms with Gasteiger partial charge in [-0.05, 0) is 36.4 Å². The summed E-state index contributed by atoms with van der Waals surface area (Å²) < 4.78 is 303. The van der Waals surface area contributed by atoms with Crippen LogP contribution in [0.2, 0.25) is 0 Å². The fourth-order valence-electron chi connectivity index (χ4n) is 6.92. The van der Waals surface area contributed by atoms with E-state index in [9.17, 15) is 65.5 Å². The molecular weight excluding hydrogens is 1010 g/mol. The van der Waals surface area contributed by atoms with Crippen LogP contribution < -0.4 is 0 Å². The SMILES string of the molecule is O=S(=O)([O-])c1cc2[nH]c1c(-c1c(F)c(F)c(F)c(F)c1F)c1ccc([nH]1)c(-c1c(F)c(F)c(F)c(F)c1F)c1nc(c(-c3c(F)c(F)c(F)c(F)c3F)c3cc(S(=O)(=O)[O-])c2[nH]3)C=C1.[Cu+2]. The largest absolute Gasteiger partial charge is 2.00 e. The number of aromatic amines is 3. The Morgan fingerprint density at radius 3 is 1.05 bits per heavy atom. The van der Waals surface area contributed by atoms with Gasteiger partial charge < -0.3 is 24.1 Å². The summed E-state index contributed by atoms with van der Waals surface area (Å²) in [5.41, 5.74) is -20.3. The second kappa shape index (κ2) is 15.7. The molecule has 65 heavy (non-hydrogen) atoms. The fourth-order valence-corrected chi connectivity index (χ4v) is 8.26. The van der Waals surface area contributed by atoms with Crippen molar-refractivity contribution in [2.24, 2.45) is 0 Å². The van der Waals surface area contributed by atoms with Crippen LogP contribution in [0.5, 0.6) is 0 Å². The molecule has 3 aromatic carbocycles. The van der Waals surface area contributed by atoms with Crippen molar-refractivity contribution in [3.8, 4) is 33.4 Å². The summed E-state index contributed by atoms with van der Waals surface area (Å²) in [6, 6.07) is 1.21. The smallest absolute Gasteiger partial charge is 0.744 e. The molecule has 0 saturated heterocycles.